The van der Waals surface area contributed by atoms with E-state index in [1.165, 1.54) is 14.5 Å². The molecule has 0 fully saturated rings. The predicted molar refractivity (Wildman–Crippen MR) is 65.8 cm³/mol. The summed E-state index contributed by atoms with van der Waals surface area (Å²) in [7, 11) is 0. The summed E-state index contributed by atoms with van der Waals surface area (Å²) in [6, 6.07) is 12.9. The van der Waals surface area contributed by atoms with Gasteiger partial charge >= 0.3 is 103 Å². The summed E-state index contributed by atoms with van der Waals surface area (Å²) in [6.45, 7) is 0. The van der Waals surface area contributed by atoms with Crippen LogP contribution in [0.3, 0.4) is 0 Å². The minimum Gasteiger partial charge on any atom is -1.00 e. The summed E-state index contributed by atoms with van der Waals surface area (Å²) in [5.74, 6) is 0. The number of hydrogen-bond acceptors (Lipinski definition) is 0. The topological polar surface area (TPSA) is 15.8 Å². The zero-order valence-electron chi connectivity index (χ0n) is 9.74. The fourth-order valence-electron chi connectivity index (χ4n) is 2.25. The van der Waals surface area contributed by atoms with Gasteiger partial charge in [0.25, 0.3) is 0 Å². The van der Waals surface area contributed by atoms with Gasteiger partial charge in [-0.15, -0.1) is 0 Å². The molecule has 2 aromatic rings. The molecule has 0 amide bonds. The Morgan fingerprint density at radius 1 is 1.06 bits per heavy atom. The van der Waals surface area contributed by atoms with Crippen LogP contribution in [0.2, 0.25) is 0 Å². The van der Waals surface area contributed by atoms with Crippen molar-refractivity contribution in [2.24, 2.45) is 0 Å². The van der Waals surface area contributed by atoms with Crippen molar-refractivity contribution in [2.45, 2.75) is 3.63 Å². The van der Waals surface area contributed by atoms with E-state index in [1.807, 2.05) is 6.20 Å². The van der Waals surface area contributed by atoms with Gasteiger partial charge in [0, 0.05) is 0 Å². The minimum atomic E-state index is -1.80. The van der Waals surface area contributed by atoms with E-state index >= 15 is 0 Å². The van der Waals surface area contributed by atoms with Gasteiger partial charge in [-0.1, -0.05) is 0 Å². The molecule has 1 heterocycles. The first kappa shape index (κ1) is 15.6. The van der Waals surface area contributed by atoms with Gasteiger partial charge in [-0.25, -0.2) is 0 Å². The number of aromatic amines is 1. The fraction of sp³-hybridized carbons (Fsp3) is 0.0714. The molecule has 1 atom stereocenters. The Balaban J connectivity index is 0.000000810. The third kappa shape index (κ3) is 2.77. The van der Waals surface area contributed by atoms with Crippen LogP contribution >= 0.6 is 0 Å². The van der Waals surface area contributed by atoms with Gasteiger partial charge in [0.1, 0.15) is 0 Å². The molecule has 1 aliphatic carbocycles. The van der Waals surface area contributed by atoms with Crippen molar-refractivity contribution >= 4 is 13.7 Å². The summed E-state index contributed by atoms with van der Waals surface area (Å²) in [4.78, 5) is 3.34. The Bertz CT molecular complexity index is 561. The molecule has 0 saturated carbocycles. The molecule has 1 nitrogen and oxygen atoms in total. The SMILES string of the molecule is [CH2]=[Zr+2]([c]1ccc[nH]1)[CH]1C=Cc2ccccc21.[Cl-].[Cl-]. The molecule has 1 aromatic heterocycles. The smallest absolute Gasteiger partial charge is 1.00 e. The molecule has 18 heavy (non-hydrogen) atoms. The Hall–Kier alpha value is -0.427. The zero-order chi connectivity index (χ0) is 11.0. The number of fused-ring (bicyclic) bond motifs is 1. The van der Waals surface area contributed by atoms with E-state index in [0.717, 1.165) is 0 Å². The zero-order valence-corrected chi connectivity index (χ0v) is 13.7. The third-order valence-corrected chi connectivity index (χ3v) is 8.67. The maximum atomic E-state index is 4.48. The van der Waals surface area contributed by atoms with Gasteiger partial charge in [0.2, 0.25) is 0 Å². The van der Waals surface area contributed by atoms with E-state index in [2.05, 4.69) is 57.7 Å². The monoisotopic (exact) mass is 355 g/mol. The van der Waals surface area contributed by atoms with Gasteiger partial charge in [0.05, 0.1) is 0 Å². The summed E-state index contributed by atoms with van der Waals surface area (Å²) in [6.07, 6.45) is 6.59. The fourth-order valence-corrected chi connectivity index (χ4v) is 6.87. The van der Waals surface area contributed by atoms with E-state index in [1.54, 1.807) is 0 Å². The molecule has 92 valence electrons. The second kappa shape index (κ2) is 6.66. The number of allylic oxidation sites excluding steroid dienone is 1. The first-order chi connectivity index (χ1) is 7.86. The van der Waals surface area contributed by atoms with E-state index in [9.17, 15) is 0 Å². The summed E-state index contributed by atoms with van der Waals surface area (Å²) >= 11 is -1.80. The van der Waals surface area contributed by atoms with Crippen molar-refractivity contribution in [1.82, 2.24) is 4.98 Å². The van der Waals surface area contributed by atoms with E-state index in [-0.39, 0.29) is 24.8 Å². The molecule has 0 saturated heterocycles. The normalized spacial score (nSPS) is 14.9. The largest absolute Gasteiger partial charge is 1.00 e. The maximum absolute atomic E-state index is 4.48. The number of nitrogens with one attached hydrogen (secondary N) is 1. The van der Waals surface area contributed by atoms with Gasteiger partial charge in [-0.05, 0) is 0 Å². The predicted octanol–water partition coefficient (Wildman–Crippen LogP) is -3.53. The van der Waals surface area contributed by atoms with Gasteiger partial charge in [-0.2, -0.15) is 0 Å². The van der Waals surface area contributed by atoms with Crippen LogP contribution in [0.1, 0.15) is 14.8 Å². The van der Waals surface area contributed by atoms with E-state index in [4.69, 9.17) is 0 Å². The second-order valence-corrected chi connectivity index (χ2v) is 9.51. The number of rotatable bonds is 2. The number of halogens is 2. The average molecular weight is 357 g/mol. The van der Waals surface area contributed by atoms with E-state index in [0.29, 0.717) is 3.63 Å². The van der Waals surface area contributed by atoms with Crippen LogP contribution in [0.5, 0.6) is 0 Å². The Morgan fingerprint density at radius 2 is 1.83 bits per heavy atom. The summed E-state index contributed by atoms with van der Waals surface area (Å²) < 4.78 is 6.47. The van der Waals surface area contributed by atoms with Crippen molar-refractivity contribution in [2.75, 3.05) is 0 Å². The molecule has 1 aromatic carbocycles. The number of hydrogen-bond donors (Lipinski definition) is 1. The Labute approximate surface area is 127 Å². The third-order valence-electron chi connectivity index (χ3n) is 3.12. The maximum Gasteiger partial charge on any atom is -1.00 e. The molecular formula is C14H13Cl2NZr. The molecule has 0 aliphatic heterocycles. The summed E-state index contributed by atoms with van der Waals surface area (Å²) in [5, 5.41) is 0. The first-order valence-corrected chi connectivity index (χ1v) is 9.84. The van der Waals surface area contributed by atoms with Crippen molar-refractivity contribution in [3.63, 3.8) is 0 Å². The van der Waals surface area contributed by atoms with Crippen molar-refractivity contribution in [3.05, 3.63) is 59.8 Å². The van der Waals surface area contributed by atoms with Crippen LogP contribution < -0.4 is 28.2 Å². The van der Waals surface area contributed by atoms with Crippen LogP contribution in [0.4, 0.5) is 0 Å². The van der Waals surface area contributed by atoms with Gasteiger partial charge in [-0.3, -0.25) is 0 Å². The Kier molecular flexibility index (Phi) is 5.78. The quantitative estimate of drug-likeness (QED) is 0.574. The first-order valence-electron chi connectivity index (χ1n) is 5.46. The Morgan fingerprint density at radius 3 is 2.56 bits per heavy atom. The van der Waals surface area contributed by atoms with E-state index < -0.39 is 21.3 Å². The molecule has 0 radical (unpaired) electrons. The molecule has 0 bridgehead atoms. The summed E-state index contributed by atoms with van der Waals surface area (Å²) in [5.41, 5.74) is 2.85. The molecule has 1 N–H and O–H groups in total. The van der Waals surface area contributed by atoms with Crippen molar-refractivity contribution in [1.29, 1.82) is 0 Å². The number of benzene rings is 1. The van der Waals surface area contributed by atoms with Crippen LogP contribution in [0.25, 0.3) is 6.08 Å². The standard InChI is InChI=1S/C9H7.C4H4N.CH2.2ClH.Zr/c1-2-5-9-7-3-6-8(9)4-1;1-2-4-5-3-1;;;;/h1-7H;1-3,5H;1H2;2*1H;/q;;;;;+2/p-2. The van der Waals surface area contributed by atoms with Crippen LogP contribution in [-0.4, -0.2) is 9.20 Å². The number of H-pyrrole nitrogens is 1. The molecule has 4 heteroatoms. The van der Waals surface area contributed by atoms with Gasteiger partial charge < -0.3 is 24.8 Å². The molecule has 1 unspecified atom stereocenters. The molecule has 0 spiro atoms. The average Bonchev–Trinajstić information content (AvgIpc) is 2.98. The van der Waals surface area contributed by atoms with Crippen LogP contribution in [0.15, 0.2) is 48.7 Å². The van der Waals surface area contributed by atoms with Crippen molar-refractivity contribution < 1.29 is 46.1 Å². The molecule has 1 aliphatic rings. The number of aromatic nitrogens is 1. The minimum absolute atomic E-state index is 0. The molecule has 3 rings (SSSR count). The second-order valence-electron chi connectivity index (χ2n) is 4.07. The van der Waals surface area contributed by atoms with Crippen molar-refractivity contribution in [3.8, 4) is 0 Å². The van der Waals surface area contributed by atoms with Crippen LogP contribution in [0, 0.1) is 0 Å². The van der Waals surface area contributed by atoms with Crippen LogP contribution in [-0.2, 0) is 21.3 Å². The van der Waals surface area contributed by atoms with Gasteiger partial charge in [0.15, 0.2) is 0 Å². The molecular weight excluding hydrogens is 344 g/mol.